The van der Waals surface area contributed by atoms with E-state index in [0.29, 0.717) is 5.56 Å². The second-order valence-electron chi connectivity index (χ2n) is 6.72. The summed E-state index contributed by atoms with van der Waals surface area (Å²) in [6.07, 6.45) is 4.43. The van der Waals surface area contributed by atoms with Crippen LogP contribution in [0.25, 0.3) is 22.5 Å². The Bertz CT molecular complexity index is 1030. The highest BCUT2D eigenvalue weighted by molar-refractivity contribution is 5.85. The zero-order valence-electron chi connectivity index (χ0n) is 14.6. The summed E-state index contributed by atoms with van der Waals surface area (Å²) < 4.78 is 2.03. The lowest BCUT2D eigenvalue weighted by Crippen LogP contribution is -2.12. The first kappa shape index (κ1) is 17.5. The molecule has 0 spiro atoms. The Labute approximate surface area is 162 Å². The summed E-state index contributed by atoms with van der Waals surface area (Å²) in [7, 11) is 0. The normalized spacial score (nSPS) is 14.9. The molecule has 0 saturated carbocycles. The fourth-order valence-corrected chi connectivity index (χ4v) is 3.94. The number of halogens is 1. The molecular formula is C18H19ClN8. The van der Waals surface area contributed by atoms with Crippen molar-refractivity contribution < 1.29 is 0 Å². The lowest BCUT2D eigenvalue weighted by Gasteiger charge is -2.19. The highest BCUT2D eigenvalue weighted by Gasteiger charge is 2.28. The lowest BCUT2D eigenvalue weighted by molar-refractivity contribution is 0.589. The molecular weight excluding hydrogens is 364 g/mol. The first-order valence-corrected chi connectivity index (χ1v) is 8.79. The van der Waals surface area contributed by atoms with Gasteiger partial charge in [0.1, 0.15) is 17.5 Å². The summed E-state index contributed by atoms with van der Waals surface area (Å²) in [6, 6.07) is 4.32. The highest BCUT2D eigenvalue weighted by Crippen LogP contribution is 2.40. The molecule has 3 aromatic rings. The van der Waals surface area contributed by atoms with Crippen molar-refractivity contribution in [1.82, 2.24) is 30.3 Å². The molecule has 27 heavy (non-hydrogen) atoms. The molecule has 0 atom stereocenters. The second-order valence-corrected chi connectivity index (χ2v) is 6.72. The van der Waals surface area contributed by atoms with Crippen molar-refractivity contribution in [3.05, 3.63) is 34.8 Å². The molecule has 4 N–H and O–H groups in total. The van der Waals surface area contributed by atoms with Gasteiger partial charge >= 0.3 is 0 Å². The van der Waals surface area contributed by atoms with E-state index < -0.39 is 0 Å². The number of nitrogens with zero attached hydrogens (tertiary/aromatic N) is 5. The number of aryl methyl sites for hydroxylation is 2. The van der Waals surface area contributed by atoms with Gasteiger partial charge in [-0.3, -0.25) is 9.78 Å². The molecule has 3 aromatic heterocycles. The molecule has 0 unspecified atom stereocenters. The number of nitrogen functional groups attached to an aromatic ring is 1. The molecule has 8 nitrogen and oxygen atoms in total. The lowest BCUT2D eigenvalue weighted by atomic mass is 9.87. The minimum atomic E-state index is 0. The third kappa shape index (κ3) is 2.67. The molecule has 0 radical (unpaired) electrons. The van der Waals surface area contributed by atoms with Gasteiger partial charge < -0.3 is 11.1 Å². The molecule has 5 rings (SSSR count). The van der Waals surface area contributed by atoms with E-state index in [1.54, 1.807) is 6.20 Å². The molecule has 0 bridgehead atoms. The summed E-state index contributed by atoms with van der Waals surface area (Å²) >= 11 is 0. The maximum absolute atomic E-state index is 9.73. The number of fused-ring (bicyclic) bond motifs is 4. The van der Waals surface area contributed by atoms with Crippen LogP contribution in [0.5, 0.6) is 0 Å². The summed E-state index contributed by atoms with van der Waals surface area (Å²) in [6.45, 7) is 2.64. The Hall–Kier alpha value is -2.89. The first-order valence-electron chi connectivity index (χ1n) is 8.79. The number of hydrogen-bond donors (Lipinski definition) is 3. The number of pyridine rings is 1. The fraction of sp³-hybridized carbons (Fsp3) is 0.333. The monoisotopic (exact) mass is 382 g/mol. The standard InChI is InChI=1S/C18H18N8.ClH/c19-7-12-16(15-6-10-8-21-4-1-5-26(10)25-15)11-2-3-14-13(9-22-24-14)17(11)23-18(12)20;/h6,9,21H,1-5,8H2,(H2,20,23)(H,22,24);1H. The maximum Gasteiger partial charge on any atom is 0.142 e. The molecule has 0 fully saturated rings. The topological polar surface area (TPSA) is 121 Å². The van der Waals surface area contributed by atoms with Gasteiger partial charge in [-0.25, -0.2) is 4.98 Å². The minimum Gasteiger partial charge on any atom is -0.383 e. The van der Waals surface area contributed by atoms with Crippen LogP contribution < -0.4 is 11.1 Å². The smallest absolute Gasteiger partial charge is 0.142 e. The molecule has 138 valence electrons. The van der Waals surface area contributed by atoms with Crippen LogP contribution in [-0.4, -0.2) is 31.5 Å². The number of H-pyrrole nitrogens is 1. The summed E-state index contributed by atoms with van der Waals surface area (Å²) in [4.78, 5) is 4.53. The van der Waals surface area contributed by atoms with E-state index in [0.717, 1.165) is 78.4 Å². The van der Waals surface area contributed by atoms with Gasteiger partial charge in [0.25, 0.3) is 0 Å². The van der Waals surface area contributed by atoms with Crippen LogP contribution in [0, 0.1) is 11.3 Å². The quantitative estimate of drug-likeness (QED) is 0.590. The third-order valence-electron chi connectivity index (χ3n) is 5.19. The number of nitrogens with two attached hydrogens (primary N) is 1. The largest absolute Gasteiger partial charge is 0.383 e. The predicted molar refractivity (Wildman–Crippen MR) is 103 cm³/mol. The van der Waals surface area contributed by atoms with Gasteiger partial charge in [0.15, 0.2) is 0 Å². The highest BCUT2D eigenvalue weighted by atomic mass is 35.5. The Morgan fingerprint density at radius 1 is 1.30 bits per heavy atom. The van der Waals surface area contributed by atoms with Gasteiger partial charge in [0.2, 0.25) is 0 Å². The summed E-state index contributed by atoms with van der Waals surface area (Å²) in [5.41, 5.74) is 13.2. The number of aromatic nitrogens is 5. The van der Waals surface area contributed by atoms with Crippen LogP contribution in [0.15, 0.2) is 12.3 Å². The van der Waals surface area contributed by atoms with E-state index in [9.17, 15) is 5.26 Å². The van der Waals surface area contributed by atoms with E-state index in [2.05, 4.69) is 32.6 Å². The van der Waals surface area contributed by atoms with Gasteiger partial charge in [0, 0.05) is 29.9 Å². The number of rotatable bonds is 1. The second kappa shape index (κ2) is 6.68. The van der Waals surface area contributed by atoms with Crippen LogP contribution in [0.2, 0.25) is 0 Å². The van der Waals surface area contributed by atoms with Crippen molar-refractivity contribution in [2.24, 2.45) is 0 Å². The van der Waals surface area contributed by atoms with Gasteiger partial charge in [0.05, 0.1) is 23.3 Å². The van der Waals surface area contributed by atoms with Crippen molar-refractivity contribution >= 4 is 18.2 Å². The molecule has 0 aromatic carbocycles. The number of hydrogen-bond acceptors (Lipinski definition) is 6. The number of nitriles is 1. The molecule has 9 heteroatoms. The molecule has 1 aliphatic heterocycles. The number of nitrogens with one attached hydrogen (secondary N) is 2. The van der Waals surface area contributed by atoms with Crippen molar-refractivity contribution in [3.63, 3.8) is 0 Å². The molecule has 0 saturated heterocycles. The molecule has 0 amide bonds. The Morgan fingerprint density at radius 3 is 3.04 bits per heavy atom. The minimum absolute atomic E-state index is 0. The fourth-order valence-electron chi connectivity index (χ4n) is 3.94. The molecule has 4 heterocycles. The van der Waals surface area contributed by atoms with E-state index in [1.165, 1.54) is 0 Å². The number of anilines is 1. The summed E-state index contributed by atoms with van der Waals surface area (Å²) in [5.74, 6) is 0.247. The van der Waals surface area contributed by atoms with Crippen molar-refractivity contribution in [2.45, 2.75) is 32.4 Å². The molecule has 2 aliphatic rings. The van der Waals surface area contributed by atoms with Crippen LogP contribution in [0.1, 0.15) is 28.9 Å². The zero-order valence-corrected chi connectivity index (χ0v) is 15.4. The Morgan fingerprint density at radius 2 is 2.19 bits per heavy atom. The van der Waals surface area contributed by atoms with Crippen molar-refractivity contribution in [1.29, 1.82) is 5.26 Å². The zero-order chi connectivity index (χ0) is 17.7. The SMILES string of the molecule is Cl.N#Cc1c(N)nc2c(c1-c1cc3n(n1)CCCNC3)CCc1[nH]ncc1-2. The molecule has 1 aliphatic carbocycles. The van der Waals surface area contributed by atoms with Gasteiger partial charge in [-0.15, -0.1) is 12.4 Å². The Kier molecular flexibility index (Phi) is 4.34. The summed E-state index contributed by atoms with van der Waals surface area (Å²) in [5, 5.41) is 25.1. The van der Waals surface area contributed by atoms with E-state index >= 15 is 0 Å². The van der Waals surface area contributed by atoms with Crippen LogP contribution in [0.3, 0.4) is 0 Å². The van der Waals surface area contributed by atoms with Crippen LogP contribution in [0.4, 0.5) is 5.82 Å². The van der Waals surface area contributed by atoms with Gasteiger partial charge in [-0.05, 0) is 37.4 Å². The number of aromatic amines is 1. The maximum atomic E-state index is 9.73. The average Bonchev–Trinajstić information content (AvgIpc) is 3.22. The van der Waals surface area contributed by atoms with Gasteiger partial charge in [-0.1, -0.05) is 0 Å². The van der Waals surface area contributed by atoms with Crippen molar-refractivity contribution in [3.8, 4) is 28.6 Å². The van der Waals surface area contributed by atoms with Gasteiger partial charge in [-0.2, -0.15) is 15.5 Å². The van der Waals surface area contributed by atoms with E-state index in [1.807, 2.05) is 4.68 Å². The average molecular weight is 383 g/mol. The third-order valence-corrected chi connectivity index (χ3v) is 5.19. The first-order chi connectivity index (χ1) is 12.8. The Balaban J connectivity index is 0.00000180. The van der Waals surface area contributed by atoms with Crippen LogP contribution in [-0.2, 0) is 25.9 Å². The van der Waals surface area contributed by atoms with E-state index in [-0.39, 0.29) is 18.2 Å². The van der Waals surface area contributed by atoms with Crippen molar-refractivity contribution in [2.75, 3.05) is 12.3 Å². The van der Waals surface area contributed by atoms with Crippen LogP contribution >= 0.6 is 12.4 Å². The van der Waals surface area contributed by atoms with E-state index in [4.69, 9.17) is 10.8 Å². The predicted octanol–water partition coefficient (Wildman–Crippen LogP) is 1.80.